The first kappa shape index (κ1) is 23.6. The van der Waals surface area contributed by atoms with E-state index in [4.69, 9.17) is 40.2 Å². The van der Waals surface area contributed by atoms with E-state index < -0.39 is 28.3 Å². The standard InChI is InChI=1S/C18H12Cl2N4O6S2/c1-30-13-5-8(4-12(15(13)25)24(28)29)6-14-16(26)23(18(31)32-14)22-17(27)21-9-2-3-10(19)11(20)7-9/h2-7,25H,1H3,(H2,21,22,27)/b14-6+. The number of rotatable bonds is 5. The Morgan fingerprint density at radius 3 is 2.66 bits per heavy atom. The first-order valence-electron chi connectivity index (χ1n) is 8.46. The quantitative estimate of drug-likeness (QED) is 0.229. The number of nitrogens with zero attached hydrogens (tertiary/aromatic N) is 2. The normalized spacial score (nSPS) is 14.6. The number of amides is 3. The summed E-state index contributed by atoms with van der Waals surface area (Å²) in [6.07, 6.45) is 1.33. The lowest BCUT2D eigenvalue weighted by molar-refractivity contribution is -0.386. The predicted octanol–water partition coefficient (Wildman–Crippen LogP) is 4.55. The molecule has 3 N–H and O–H groups in total. The molecule has 2 aromatic carbocycles. The molecule has 3 rings (SSSR count). The fourth-order valence-electron chi connectivity index (χ4n) is 2.54. The third kappa shape index (κ3) is 5.05. The largest absolute Gasteiger partial charge is 0.500 e. The molecule has 0 aliphatic carbocycles. The third-order valence-electron chi connectivity index (χ3n) is 3.98. The van der Waals surface area contributed by atoms with Crippen LogP contribution < -0.4 is 15.5 Å². The number of ether oxygens (including phenoxy) is 1. The van der Waals surface area contributed by atoms with Gasteiger partial charge in [-0.05, 0) is 48.1 Å². The van der Waals surface area contributed by atoms with Crippen LogP contribution in [0.2, 0.25) is 10.0 Å². The van der Waals surface area contributed by atoms with E-state index in [1.54, 1.807) is 0 Å². The van der Waals surface area contributed by atoms with Crippen molar-refractivity contribution in [1.82, 2.24) is 10.4 Å². The zero-order chi connectivity index (χ0) is 23.6. The van der Waals surface area contributed by atoms with Crippen LogP contribution in [0.4, 0.5) is 16.2 Å². The van der Waals surface area contributed by atoms with Gasteiger partial charge in [0.25, 0.3) is 5.91 Å². The van der Waals surface area contributed by atoms with Crippen molar-refractivity contribution in [2.45, 2.75) is 0 Å². The molecule has 1 aliphatic heterocycles. The number of phenolic OH excluding ortho intramolecular Hbond substituents is 1. The van der Waals surface area contributed by atoms with Crippen LogP contribution in [0.3, 0.4) is 0 Å². The highest BCUT2D eigenvalue weighted by Crippen LogP contribution is 2.39. The lowest BCUT2D eigenvalue weighted by Crippen LogP contribution is -2.46. The molecular formula is C18H12Cl2N4O6S2. The lowest BCUT2D eigenvalue weighted by atomic mass is 10.1. The maximum Gasteiger partial charge on any atom is 0.338 e. The van der Waals surface area contributed by atoms with Gasteiger partial charge < -0.3 is 15.2 Å². The molecule has 10 nitrogen and oxygen atoms in total. The number of thioether (sulfide) groups is 1. The smallest absolute Gasteiger partial charge is 0.338 e. The highest BCUT2D eigenvalue weighted by Gasteiger charge is 2.34. The van der Waals surface area contributed by atoms with Crippen molar-refractivity contribution in [3.05, 3.63) is 61.0 Å². The number of thiocarbonyl (C=S) groups is 1. The van der Waals surface area contributed by atoms with Crippen molar-refractivity contribution in [3.8, 4) is 11.5 Å². The Morgan fingerprint density at radius 1 is 1.31 bits per heavy atom. The van der Waals surface area contributed by atoms with Crippen molar-refractivity contribution in [1.29, 1.82) is 0 Å². The number of nitro groups is 1. The number of urea groups is 1. The Bertz CT molecular complexity index is 1190. The molecule has 0 bridgehead atoms. The van der Waals surface area contributed by atoms with E-state index in [2.05, 4.69) is 10.7 Å². The molecule has 1 heterocycles. The summed E-state index contributed by atoms with van der Waals surface area (Å²) in [6.45, 7) is 0. The number of benzene rings is 2. The maximum absolute atomic E-state index is 12.7. The Kier molecular flexibility index (Phi) is 7.09. The van der Waals surface area contributed by atoms with Crippen molar-refractivity contribution in [3.63, 3.8) is 0 Å². The SMILES string of the molecule is COc1cc(/C=C2/SC(=S)N(NC(=O)Nc3ccc(Cl)c(Cl)c3)C2=O)cc([N+](=O)[O-])c1O. The Labute approximate surface area is 200 Å². The average Bonchev–Trinajstić information content (AvgIpc) is 2.99. The molecule has 1 aliphatic rings. The Morgan fingerprint density at radius 2 is 2.03 bits per heavy atom. The van der Waals surface area contributed by atoms with Crippen molar-refractivity contribution >= 4 is 80.9 Å². The van der Waals surface area contributed by atoms with Crippen LogP contribution in [0.25, 0.3) is 6.08 Å². The fraction of sp³-hybridized carbons (Fsp3) is 0.0556. The van der Waals surface area contributed by atoms with Crippen LogP contribution in [-0.2, 0) is 4.79 Å². The molecule has 0 spiro atoms. The zero-order valence-corrected chi connectivity index (χ0v) is 19.1. The fourth-order valence-corrected chi connectivity index (χ4v) is 4.02. The average molecular weight is 515 g/mol. The van der Waals surface area contributed by atoms with E-state index >= 15 is 0 Å². The molecule has 1 fully saturated rings. The number of carbonyl (C=O) groups is 2. The summed E-state index contributed by atoms with van der Waals surface area (Å²) < 4.78 is 4.97. The van der Waals surface area contributed by atoms with Gasteiger partial charge >= 0.3 is 11.7 Å². The lowest BCUT2D eigenvalue weighted by Gasteiger charge is -2.16. The number of aromatic hydroxyl groups is 1. The number of hydrogen-bond acceptors (Lipinski definition) is 8. The van der Waals surface area contributed by atoms with E-state index in [1.165, 1.54) is 37.5 Å². The highest BCUT2D eigenvalue weighted by atomic mass is 35.5. The predicted molar refractivity (Wildman–Crippen MR) is 125 cm³/mol. The van der Waals surface area contributed by atoms with E-state index in [1.807, 2.05) is 0 Å². The molecule has 166 valence electrons. The van der Waals surface area contributed by atoms with Crippen LogP contribution in [0, 0.1) is 10.1 Å². The monoisotopic (exact) mass is 514 g/mol. The number of hydrogen-bond donors (Lipinski definition) is 3. The number of methoxy groups -OCH3 is 1. The molecule has 1 saturated heterocycles. The van der Waals surface area contributed by atoms with Crippen LogP contribution in [0.15, 0.2) is 35.2 Å². The zero-order valence-electron chi connectivity index (χ0n) is 15.9. The van der Waals surface area contributed by atoms with Gasteiger partial charge in [0, 0.05) is 11.8 Å². The second kappa shape index (κ2) is 9.61. The highest BCUT2D eigenvalue weighted by molar-refractivity contribution is 8.26. The minimum absolute atomic E-state index is 0.0331. The van der Waals surface area contributed by atoms with Gasteiger partial charge in [0.2, 0.25) is 5.75 Å². The third-order valence-corrected chi connectivity index (χ3v) is 6.02. The van der Waals surface area contributed by atoms with E-state index in [0.717, 1.165) is 22.8 Å². The van der Waals surface area contributed by atoms with Crippen LogP contribution in [0.5, 0.6) is 11.5 Å². The number of hydrazine groups is 1. The molecular weight excluding hydrogens is 503 g/mol. The molecule has 0 unspecified atom stereocenters. The topological polar surface area (TPSA) is 134 Å². The number of halogens is 2. The van der Waals surface area contributed by atoms with Gasteiger partial charge in [-0.3, -0.25) is 14.9 Å². The molecule has 14 heteroatoms. The second-order valence-electron chi connectivity index (χ2n) is 6.06. The molecule has 0 saturated carbocycles. The molecule has 0 radical (unpaired) electrons. The van der Waals surface area contributed by atoms with Crippen LogP contribution in [0.1, 0.15) is 5.56 Å². The summed E-state index contributed by atoms with van der Waals surface area (Å²) >= 11 is 17.8. The number of nitro benzene ring substituents is 1. The van der Waals surface area contributed by atoms with E-state index in [9.17, 15) is 24.8 Å². The minimum Gasteiger partial charge on any atom is -0.500 e. The second-order valence-corrected chi connectivity index (χ2v) is 8.55. The van der Waals surface area contributed by atoms with Crippen LogP contribution in [-0.4, -0.2) is 38.4 Å². The van der Waals surface area contributed by atoms with Gasteiger partial charge in [0.15, 0.2) is 10.1 Å². The minimum atomic E-state index is -0.782. The first-order chi connectivity index (χ1) is 15.1. The summed E-state index contributed by atoms with van der Waals surface area (Å²) in [5.74, 6) is -1.43. The summed E-state index contributed by atoms with van der Waals surface area (Å²) in [5, 5.41) is 24.9. The molecule has 0 aromatic heterocycles. The van der Waals surface area contributed by atoms with Gasteiger partial charge in [-0.15, -0.1) is 0 Å². The van der Waals surface area contributed by atoms with Crippen molar-refractivity contribution < 1.29 is 24.4 Å². The molecule has 2 aromatic rings. The number of nitrogens with one attached hydrogen (secondary N) is 2. The Hall–Kier alpha value is -3.06. The Balaban J connectivity index is 1.79. The molecule has 0 atom stereocenters. The van der Waals surface area contributed by atoms with Gasteiger partial charge in [-0.25, -0.2) is 10.2 Å². The number of carbonyl (C=O) groups excluding carboxylic acids is 2. The van der Waals surface area contributed by atoms with Gasteiger partial charge in [-0.2, -0.15) is 5.01 Å². The molecule has 3 amide bonds. The maximum atomic E-state index is 12.7. The summed E-state index contributed by atoms with van der Waals surface area (Å²) in [7, 11) is 1.23. The molecule has 32 heavy (non-hydrogen) atoms. The summed E-state index contributed by atoms with van der Waals surface area (Å²) in [5.41, 5.74) is 2.28. The van der Waals surface area contributed by atoms with E-state index in [-0.39, 0.29) is 25.6 Å². The number of anilines is 1. The summed E-state index contributed by atoms with van der Waals surface area (Å²) in [6, 6.07) is 6.08. The van der Waals surface area contributed by atoms with Crippen molar-refractivity contribution in [2.24, 2.45) is 0 Å². The van der Waals surface area contributed by atoms with E-state index in [0.29, 0.717) is 10.7 Å². The van der Waals surface area contributed by atoms with Gasteiger partial charge in [0.05, 0.1) is 27.0 Å². The van der Waals surface area contributed by atoms with Crippen LogP contribution >= 0.6 is 47.2 Å². The van der Waals surface area contributed by atoms with Gasteiger partial charge in [-0.1, -0.05) is 35.0 Å². The number of phenols is 1. The van der Waals surface area contributed by atoms with Gasteiger partial charge in [0.1, 0.15) is 0 Å². The summed E-state index contributed by atoms with van der Waals surface area (Å²) in [4.78, 5) is 35.4. The first-order valence-corrected chi connectivity index (χ1v) is 10.4. The van der Waals surface area contributed by atoms with Crippen molar-refractivity contribution in [2.75, 3.05) is 12.4 Å².